The van der Waals surface area contributed by atoms with Crippen LogP contribution in [0, 0.1) is 0 Å². The van der Waals surface area contributed by atoms with E-state index in [-0.39, 0.29) is 19.1 Å². The third-order valence-electron chi connectivity index (χ3n) is 4.18. The van der Waals surface area contributed by atoms with Gasteiger partial charge in [0.25, 0.3) is 0 Å². The van der Waals surface area contributed by atoms with Crippen molar-refractivity contribution in [3.8, 4) is 0 Å². The maximum atomic E-state index is 9.92. The van der Waals surface area contributed by atoms with Gasteiger partial charge in [-0.05, 0) is 34.6 Å². The van der Waals surface area contributed by atoms with Crippen LogP contribution in [-0.4, -0.2) is 33.6 Å². The van der Waals surface area contributed by atoms with Crippen molar-refractivity contribution in [2.24, 2.45) is 0 Å². The lowest BCUT2D eigenvalue weighted by atomic mass is 9.89. The molecule has 3 atom stereocenters. The average molecular weight is 316 g/mol. The highest BCUT2D eigenvalue weighted by molar-refractivity contribution is 5.33. The van der Waals surface area contributed by atoms with Gasteiger partial charge in [-0.25, -0.2) is 0 Å². The number of hydrogen-bond donors (Lipinski definition) is 4. The van der Waals surface area contributed by atoms with Crippen LogP contribution in [0.15, 0.2) is 48.5 Å². The van der Waals surface area contributed by atoms with E-state index < -0.39 is 12.2 Å². The minimum Gasteiger partial charge on any atom is -0.393 e. The van der Waals surface area contributed by atoms with Crippen molar-refractivity contribution >= 4 is 0 Å². The molecule has 0 amide bonds. The normalized spacial score (nSPS) is 15.2. The standard InChI is InChI=1S/C19H24O4/c1-13(14-6-8-15(9-7-14)18(22)11-20)10-16-4-2-3-5-17(16)19(23)12-21/h2-9,13,18-23H,10-12H2,1H3. The molecule has 3 unspecified atom stereocenters. The topological polar surface area (TPSA) is 80.9 Å². The fourth-order valence-corrected chi connectivity index (χ4v) is 2.74. The average Bonchev–Trinajstić information content (AvgIpc) is 2.61. The predicted molar refractivity (Wildman–Crippen MR) is 89.1 cm³/mol. The minimum absolute atomic E-state index is 0.224. The first-order valence-corrected chi connectivity index (χ1v) is 7.82. The Labute approximate surface area is 136 Å². The van der Waals surface area contributed by atoms with E-state index in [9.17, 15) is 15.3 Å². The summed E-state index contributed by atoms with van der Waals surface area (Å²) in [4.78, 5) is 0. The molecule has 4 N–H and O–H groups in total. The lowest BCUT2D eigenvalue weighted by molar-refractivity contribution is 0.0948. The largest absolute Gasteiger partial charge is 0.393 e. The molecule has 0 aliphatic rings. The van der Waals surface area contributed by atoms with Crippen LogP contribution in [-0.2, 0) is 6.42 Å². The van der Waals surface area contributed by atoms with Gasteiger partial charge < -0.3 is 20.4 Å². The van der Waals surface area contributed by atoms with E-state index in [0.29, 0.717) is 5.56 Å². The first-order chi connectivity index (χ1) is 11.1. The number of hydrogen-bond acceptors (Lipinski definition) is 4. The molecule has 0 saturated heterocycles. The zero-order valence-corrected chi connectivity index (χ0v) is 13.3. The van der Waals surface area contributed by atoms with Crippen molar-refractivity contribution in [3.05, 3.63) is 70.8 Å². The summed E-state index contributed by atoms with van der Waals surface area (Å²) in [6.07, 6.45) is -0.963. The molecule has 0 radical (unpaired) electrons. The van der Waals surface area contributed by atoms with E-state index in [0.717, 1.165) is 23.1 Å². The van der Waals surface area contributed by atoms with Crippen molar-refractivity contribution in [2.75, 3.05) is 13.2 Å². The first-order valence-electron chi connectivity index (χ1n) is 7.82. The quantitative estimate of drug-likeness (QED) is 0.630. The van der Waals surface area contributed by atoms with E-state index in [1.165, 1.54) is 0 Å². The molecule has 4 heteroatoms. The fraction of sp³-hybridized carbons (Fsp3) is 0.368. The van der Waals surface area contributed by atoms with Crippen LogP contribution in [0.2, 0.25) is 0 Å². The number of rotatable bonds is 7. The van der Waals surface area contributed by atoms with E-state index in [1.54, 1.807) is 0 Å². The van der Waals surface area contributed by atoms with Gasteiger partial charge in [-0.2, -0.15) is 0 Å². The molecule has 124 valence electrons. The summed E-state index contributed by atoms with van der Waals surface area (Å²) >= 11 is 0. The van der Waals surface area contributed by atoms with Crippen molar-refractivity contribution in [1.29, 1.82) is 0 Å². The van der Waals surface area contributed by atoms with Crippen molar-refractivity contribution in [3.63, 3.8) is 0 Å². The van der Waals surface area contributed by atoms with E-state index in [1.807, 2.05) is 48.5 Å². The lowest BCUT2D eigenvalue weighted by Crippen LogP contribution is -2.08. The van der Waals surface area contributed by atoms with Crippen LogP contribution in [0.1, 0.15) is 47.3 Å². The summed E-state index contributed by atoms with van der Waals surface area (Å²) in [7, 11) is 0. The number of aliphatic hydroxyl groups excluding tert-OH is 4. The molecule has 0 aliphatic heterocycles. The highest BCUT2D eigenvalue weighted by Gasteiger charge is 2.15. The van der Waals surface area contributed by atoms with Crippen LogP contribution < -0.4 is 0 Å². The summed E-state index contributed by atoms with van der Waals surface area (Å²) in [5, 5.41) is 37.7. The third-order valence-corrected chi connectivity index (χ3v) is 4.18. The fourth-order valence-electron chi connectivity index (χ4n) is 2.74. The van der Waals surface area contributed by atoms with Crippen molar-refractivity contribution in [1.82, 2.24) is 0 Å². The van der Waals surface area contributed by atoms with E-state index in [2.05, 4.69) is 6.92 Å². The summed E-state index contributed by atoms with van der Waals surface area (Å²) in [5.41, 5.74) is 3.59. The van der Waals surface area contributed by atoms with Crippen molar-refractivity contribution < 1.29 is 20.4 Å². The van der Waals surface area contributed by atoms with E-state index in [4.69, 9.17) is 5.11 Å². The molecule has 23 heavy (non-hydrogen) atoms. The SMILES string of the molecule is CC(Cc1ccccc1C(O)CO)c1ccc(C(O)CO)cc1. The molecule has 0 aliphatic carbocycles. The Morgan fingerprint density at radius 2 is 1.35 bits per heavy atom. The molecule has 0 bridgehead atoms. The summed E-state index contributed by atoms with van der Waals surface area (Å²) in [6, 6.07) is 15.1. The lowest BCUT2D eigenvalue weighted by Gasteiger charge is -2.18. The molecule has 0 aromatic heterocycles. The van der Waals surface area contributed by atoms with Gasteiger partial charge >= 0.3 is 0 Å². The molecule has 0 heterocycles. The summed E-state index contributed by atoms with van der Waals surface area (Å²) < 4.78 is 0. The molecule has 2 aromatic rings. The Kier molecular flexibility index (Phi) is 6.30. The first kappa shape index (κ1) is 17.6. The Hall–Kier alpha value is -1.72. The smallest absolute Gasteiger partial charge is 0.102 e. The summed E-state index contributed by atoms with van der Waals surface area (Å²) in [6.45, 7) is 1.51. The molecule has 4 nitrogen and oxygen atoms in total. The highest BCUT2D eigenvalue weighted by atomic mass is 16.3. The Morgan fingerprint density at radius 1 is 0.783 bits per heavy atom. The molecule has 0 fully saturated rings. The maximum absolute atomic E-state index is 9.92. The van der Waals surface area contributed by atoms with Gasteiger partial charge in [0.2, 0.25) is 0 Å². The van der Waals surface area contributed by atoms with Gasteiger partial charge in [-0.1, -0.05) is 55.5 Å². The highest BCUT2D eigenvalue weighted by Crippen LogP contribution is 2.26. The summed E-state index contributed by atoms with van der Waals surface area (Å²) in [5.74, 6) is 0.224. The molecular formula is C19H24O4. The van der Waals surface area contributed by atoms with Gasteiger partial charge in [-0.15, -0.1) is 0 Å². The molecule has 2 rings (SSSR count). The van der Waals surface area contributed by atoms with Gasteiger partial charge in [0.15, 0.2) is 0 Å². The van der Waals surface area contributed by atoms with Crippen LogP contribution >= 0.6 is 0 Å². The Morgan fingerprint density at radius 3 is 1.96 bits per heavy atom. The predicted octanol–water partition coefficient (Wildman–Crippen LogP) is 2.08. The second-order valence-electron chi connectivity index (χ2n) is 5.87. The van der Waals surface area contributed by atoms with E-state index >= 15 is 0 Å². The Bertz CT molecular complexity index is 609. The van der Waals surface area contributed by atoms with Crippen LogP contribution in [0.25, 0.3) is 0 Å². The number of aliphatic hydroxyl groups is 4. The van der Waals surface area contributed by atoms with Gasteiger partial charge in [-0.3, -0.25) is 0 Å². The third kappa shape index (κ3) is 4.39. The van der Waals surface area contributed by atoms with Gasteiger partial charge in [0, 0.05) is 0 Å². The molecule has 0 spiro atoms. The molecular weight excluding hydrogens is 292 g/mol. The van der Waals surface area contributed by atoms with Crippen molar-refractivity contribution in [2.45, 2.75) is 31.5 Å². The zero-order valence-electron chi connectivity index (χ0n) is 13.3. The van der Waals surface area contributed by atoms with Crippen LogP contribution in [0.3, 0.4) is 0 Å². The van der Waals surface area contributed by atoms with Gasteiger partial charge in [0.05, 0.1) is 13.2 Å². The van der Waals surface area contributed by atoms with Crippen LogP contribution in [0.5, 0.6) is 0 Å². The molecule has 0 saturated carbocycles. The molecule has 2 aromatic carbocycles. The zero-order chi connectivity index (χ0) is 16.8. The second-order valence-corrected chi connectivity index (χ2v) is 5.87. The van der Waals surface area contributed by atoms with Gasteiger partial charge in [0.1, 0.15) is 12.2 Å². The monoisotopic (exact) mass is 316 g/mol. The minimum atomic E-state index is -0.861. The van der Waals surface area contributed by atoms with Crippen LogP contribution in [0.4, 0.5) is 0 Å². The number of benzene rings is 2. The Balaban J connectivity index is 2.14. The second kappa shape index (κ2) is 8.22. The maximum Gasteiger partial charge on any atom is 0.102 e.